The highest BCUT2D eigenvalue weighted by Gasteiger charge is 2.56. The molecule has 0 amide bonds. The summed E-state index contributed by atoms with van der Waals surface area (Å²) in [6.07, 6.45) is -14.5. The van der Waals surface area contributed by atoms with Gasteiger partial charge in [-0.15, -0.1) is 11.8 Å². The van der Waals surface area contributed by atoms with Crippen molar-refractivity contribution in [3.05, 3.63) is 71.8 Å². The van der Waals surface area contributed by atoms with E-state index in [0.29, 0.717) is 0 Å². The highest BCUT2D eigenvalue weighted by atomic mass is 32.3. The van der Waals surface area contributed by atoms with Gasteiger partial charge in [0.1, 0.15) is 30.4 Å². The van der Waals surface area contributed by atoms with E-state index in [1.807, 2.05) is 0 Å². The number of esters is 6. The van der Waals surface area contributed by atoms with Crippen LogP contribution in [0.4, 0.5) is 0 Å². The van der Waals surface area contributed by atoms with Gasteiger partial charge in [-0.2, -0.15) is 8.42 Å². The summed E-state index contributed by atoms with van der Waals surface area (Å²) in [5, 5.41) is 0. The Morgan fingerprint density at radius 1 is 0.625 bits per heavy atom. The Bertz CT molecular complexity index is 1810. The summed E-state index contributed by atoms with van der Waals surface area (Å²) in [6, 6.07) is 15.1. The zero-order valence-corrected chi connectivity index (χ0v) is 32.2. The van der Waals surface area contributed by atoms with Gasteiger partial charge in [0.25, 0.3) is 0 Å². The molecule has 56 heavy (non-hydrogen) atoms. The molecule has 2 aromatic rings. The maximum Gasteiger partial charge on any atom is 0.397 e. The van der Waals surface area contributed by atoms with Gasteiger partial charge in [-0.05, 0) is 24.3 Å². The highest BCUT2D eigenvalue weighted by Crippen LogP contribution is 2.38. The Morgan fingerprint density at radius 3 is 1.59 bits per heavy atom. The smallest absolute Gasteiger partial charge is 0.397 e. The number of methoxy groups -OCH3 is 1. The van der Waals surface area contributed by atoms with E-state index in [4.69, 9.17) is 46.8 Å². The quantitative estimate of drug-likeness (QED) is 0.153. The maximum absolute atomic E-state index is 13.5. The zero-order valence-electron chi connectivity index (χ0n) is 30.6. The average Bonchev–Trinajstić information content (AvgIpc) is 3.13. The van der Waals surface area contributed by atoms with Gasteiger partial charge in [0.05, 0.1) is 11.1 Å². The van der Waals surface area contributed by atoms with Crippen molar-refractivity contribution in [3.63, 3.8) is 0 Å². The maximum atomic E-state index is 13.5. The van der Waals surface area contributed by atoms with Gasteiger partial charge in [-0.25, -0.2) is 13.8 Å². The van der Waals surface area contributed by atoms with Crippen LogP contribution in [0.5, 0.6) is 0 Å². The van der Waals surface area contributed by atoms with E-state index in [2.05, 4.69) is 0 Å². The van der Waals surface area contributed by atoms with Gasteiger partial charge in [0.2, 0.25) is 0 Å². The molecule has 2 saturated heterocycles. The molecule has 2 aromatic carbocycles. The summed E-state index contributed by atoms with van der Waals surface area (Å²) >= 11 is 0.758. The molecule has 19 nitrogen and oxygen atoms in total. The van der Waals surface area contributed by atoms with Crippen LogP contribution in [-0.4, -0.2) is 129 Å². The third-order valence-electron chi connectivity index (χ3n) is 7.93. The molecule has 0 bridgehead atoms. The number of thioether (sulfide) groups is 1. The second-order valence-corrected chi connectivity index (χ2v) is 14.3. The predicted molar refractivity (Wildman–Crippen MR) is 188 cm³/mol. The molecule has 4 rings (SSSR count). The van der Waals surface area contributed by atoms with E-state index in [-0.39, 0.29) is 11.1 Å². The van der Waals surface area contributed by atoms with Gasteiger partial charge < -0.3 is 42.6 Å². The van der Waals surface area contributed by atoms with Crippen LogP contribution < -0.4 is 0 Å². The Hall–Kier alpha value is -4.64. The minimum atomic E-state index is -5.37. The van der Waals surface area contributed by atoms with E-state index in [9.17, 15) is 41.7 Å². The number of benzene rings is 2. The molecule has 0 aromatic heterocycles. The number of carbonyl (C=O) groups excluding carboxylic acids is 6. The van der Waals surface area contributed by atoms with Crippen molar-refractivity contribution >= 4 is 58.0 Å². The van der Waals surface area contributed by atoms with E-state index in [0.717, 1.165) is 46.6 Å². The Balaban J connectivity index is 1.75. The molecule has 2 aliphatic rings. The van der Waals surface area contributed by atoms with Crippen molar-refractivity contribution < 1.29 is 88.6 Å². The molecule has 2 fully saturated rings. The first kappa shape index (κ1) is 44.1. The van der Waals surface area contributed by atoms with Gasteiger partial charge >= 0.3 is 46.2 Å². The Labute approximate surface area is 325 Å². The summed E-state index contributed by atoms with van der Waals surface area (Å²) in [7, 11) is -4.21. The molecule has 1 N–H and O–H groups in total. The van der Waals surface area contributed by atoms with Crippen LogP contribution in [0.1, 0.15) is 48.4 Å². The SMILES string of the molecule is CO[C@H]1O[C@H](CS[C@@H]2O[C@H](COC(C)=O)[C@H](OC(C)=O)[C@H](OC(C)=O)[C@H]2OC(C)=O)[C@@H](OS(=O)(=O)O)[C@H](OC(=O)c2ccccc2)[C@H]1OC(=O)c1ccccc1. The summed E-state index contributed by atoms with van der Waals surface area (Å²) in [5.41, 5.74) is -1.30. The first-order chi connectivity index (χ1) is 26.5. The second kappa shape index (κ2) is 20.0. The first-order valence-electron chi connectivity index (χ1n) is 16.8. The fourth-order valence-corrected chi connectivity index (χ4v) is 7.55. The van der Waals surface area contributed by atoms with Crippen LogP contribution in [0.2, 0.25) is 0 Å². The highest BCUT2D eigenvalue weighted by molar-refractivity contribution is 7.99. The van der Waals surface area contributed by atoms with Crippen LogP contribution in [-0.2, 0) is 76.4 Å². The topological polar surface area (TPSA) is 249 Å². The van der Waals surface area contributed by atoms with E-state index >= 15 is 0 Å². The summed E-state index contributed by atoms with van der Waals surface area (Å²) < 4.78 is 90.2. The molecule has 0 saturated carbocycles. The normalized spacial score (nSPS) is 27.5. The average molecular weight is 829 g/mol. The summed E-state index contributed by atoms with van der Waals surface area (Å²) in [6.45, 7) is 3.73. The lowest BCUT2D eigenvalue weighted by molar-refractivity contribution is -0.279. The van der Waals surface area contributed by atoms with Crippen LogP contribution in [0.25, 0.3) is 0 Å². The molecular weight excluding hydrogens is 788 g/mol. The van der Waals surface area contributed by atoms with Crippen LogP contribution in [0.15, 0.2) is 60.7 Å². The standard InChI is InChI=1S/C35H40O19S2/c1-18(36)46-16-24-26(47-19(2)37)28(48-20(3)38)31(49-21(4)39)35(51-24)55-17-25-27(54-56(42,43)44)29(52-32(40)22-12-8-6-9-13-22)30(34(45-5)50-25)53-33(41)23-14-10-7-11-15-23/h6-15,24-31,34-35H,16-17H2,1-5H3,(H,42,43,44)/t24-,25-,26+,27-,28+,29+,30-,31-,34+,35+/m1/s1. The molecular formula is C35H40O19S2. The third-order valence-corrected chi connectivity index (χ3v) is 9.63. The van der Waals surface area contributed by atoms with E-state index < -0.39 is 119 Å². The van der Waals surface area contributed by atoms with Gasteiger partial charge in [0.15, 0.2) is 36.8 Å². The Kier molecular flexibility index (Phi) is 15.7. The first-order valence-corrected chi connectivity index (χ1v) is 19.2. The number of ether oxygens (including phenoxy) is 9. The number of hydrogen-bond acceptors (Lipinski definition) is 19. The fraction of sp³-hybridized carbons (Fsp3) is 0.486. The van der Waals surface area contributed by atoms with Crippen molar-refractivity contribution in [2.75, 3.05) is 19.5 Å². The summed E-state index contributed by atoms with van der Waals surface area (Å²) in [5.74, 6) is -5.72. The van der Waals surface area contributed by atoms with Crippen LogP contribution >= 0.6 is 11.8 Å². The van der Waals surface area contributed by atoms with Crippen LogP contribution in [0, 0.1) is 0 Å². The number of rotatable bonds is 15. The molecule has 2 aliphatic heterocycles. The molecule has 0 spiro atoms. The van der Waals surface area contributed by atoms with Crippen molar-refractivity contribution in [2.24, 2.45) is 0 Å². The van der Waals surface area contributed by atoms with Crippen molar-refractivity contribution in [3.8, 4) is 0 Å². The van der Waals surface area contributed by atoms with E-state index in [1.165, 1.54) is 36.4 Å². The molecule has 21 heteroatoms. The second-order valence-electron chi connectivity index (χ2n) is 12.1. The van der Waals surface area contributed by atoms with Crippen molar-refractivity contribution in [1.29, 1.82) is 0 Å². The van der Waals surface area contributed by atoms with Crippen molar-refractivity contribution in [2.45, 2.75) is 88.3 Å². The minimum absolute atomic E-state index is 0.00937. The Morgan fingerprint density at radius 2 is 1.11 bits per heavy atom. The fourth-order valence-electron chi connectivity index (χ4n) is 5.76. The molecule has 0 unspecified atom stereocenters. The van der Waals surface area contributed by atoms with E-state index in [1.54, 1.807) is 24.3 Å². The number of hydrogen-bond donors (Lipinski definition) is 1. The predicted octanol–water partition coefficient (Wildman–Crippen LogP) is 1.81. The monoisotopic (exact) mass is 828 g/mol. The van der Waals surface area contributed by atoms with Crippen LogP contribution in [0.3, 0.4) is 0 Å². The molecule has 2 heterocycles. The van der Waals surface area contributed by atoms with Gasteiger partial charge in [-0.1, -0.05) is 36.4 Å². The molecule has 306 valence electrons. The lowest BCUT2D eigenvalue weighted by Gasteiger charge is -2.46. The summed E-state index contributed by atoms with van der Waals surface area (Å²) in [4.78, 5) is 75.3. The number of carbonyl (C=O) groups is 6. The zero-order chi connectivity index (χ0) is 41.2. The van der Waals surface area contributed by atoms with Gasteiger partial charge in [-0.3, -0.25) is 23.7 Å². The molecule has 0 aliphatic carbocycles. The lowest BCUT2D eigenvalue weighted by atomic mass is 9.98. The van der Waals surface area contributed by atoms with Gasteiger partial charge in [0, 0.05) is 40.6 Å². The third kappa shape index (κ3) is 12.4. The minimum Gasteiger partial charge on any atom is -0.463 e. The molecule has 0 radical (unpaired) electrons. The largest absolute Gasteiger partial charge is 0.463 e. The lowest BCUT2D eigenvalue weighted by Crippen LogP contribution is -2.63. The van der Waals surface area contributed by atoms with Crippen molar-refractivity contribution in [1.82, 2.24) is 0 Å². The molecule has 10 atom stereocenters.